The summed E-state index contributed by atoms with van der Waals surface area (Å²) in [6.07, 6.45) is 3.36. The number of fused-ring (bicyclic) bond motifs is 3. The summed E-state index contributed by atoms with van der Waals surface area (Å²) >= 11 is 0. The van der Waals surface area contributed by atoms with E-state index in [1.54, 1.807) is 29.0 Å². The van der Waals surface area contributed by atoms with E-state index in [2.05, 4.69) is 13.0 Å². The Hall–Kier alpha value is -3.52. The molecule has 0 saturated carbocycles. The van der Waals surface area contributed by atoms with Crippen LogP contribution in [0.1, 0.15) is 31.5 Å². The summed E-state index contributed by atoms with van der Waals surface area (Å²) in [4.78, 5) is 12.7. The molecule has 0 amide bonds. The monoisotopic (exact) mass is 411 g/mol. The van der Waals surface area contributed by atoms with Gasteiger partial charge in [-0.2, -0.15) is 10.4 Å². The number of halogens is 1. The van der Waals surface area contributed by atoms with Crippen molar-refractivity contribution in [3.05, 3.63) is 83.3 Å². The van der Waals surface area contributed by atoms with Crippen molar-refractivity contribution in [2.45, 2.75) is 32.1 Å². The molecule has 154 valence electrons. The second-order valence-electron chi connectivity index (χ2n) is 8.66. The third-order valence-corrected chi connectivity index (χ3v) is 6.94. The van der Waals surface area contributed by atoms with Crippen molar-refractivity contribution in [3.8, 4) is 23.0 Å². The van der Waals surface area contributed by atoms with Crippen LogP contribution in [0, 0.1) is 29.0 Å². The van der Waals surface area contributed by atoms with Crippen LogP contribution in [-0.2, 0) is 16.6 Å². The van der Waals surface area contributed by atoms with Crippen molar-refractivity contribution < 1.29 is 9.18 Å². The smallest absolute Gasteiger partial charge is 0.176 e. The van der Waals surface area contributed by atoms with Gasteiger partial charge in [0.2, 0.25) is 0 Å². The first-order chi connectivity index (χ1) is 15.0. The van der Waals surface area contributed by atoms with E-state index in [1.165, 1.54) is 6.07 Å². The minimum atomic E-state index is -0.603. The van der Waals surface area contributed by atoms with Crippen molar-refractivity contribution in [2.24, 2.45) is 11.8 Å². The Morgan fingerprint density at radius 2 is 1.87 bits per heavy atom. The number of Topliss-reactive ketones (excluding diaryl/α,β-unsaturated/α-hetero) is 1. The third kappa shape index (κ3) is 2.79. The summed E-state index contributed by atoms with van der Waals surface area (Å²) in [7, 11) is 0. The van der Waals surface area contributed by atoms with E-state index in [4.69, 9.17) is 5.10 Å². The third-order valence-electron chi connectivity index (χ3n) is 6.94. The molecule has 4 nitrogen and oxygen atoms in total. The lowest BCUT2D eigenvalue weighted by molar-refractivity contribution is -0.121. The normalized spacial score (nSPS) is 24.7. The molecule has 0 radical (unpaired) electrons. The summed E-state index contributed by atoms with van der Waals surface area (Å²) < 4.78 is 16.6. The Labute approximate surface area is 180 Å². The molecule has 1 heterocycles. The molecular weight excluding hydrogens is 389 g/mol. The van der Waals surface area contributed by atoms with Gasteiger partial charge in [-0.05, 0) is 30.9 Å². The summed E-state index contributed by atoms with van der Waals surface area (Å²) in [6, 6.07) is 18.6. The Balaban J connectivity index is 1.85. The van der Waals surface area contributed by atoms with Crippen LogP contribution >= 0.6 is 0 Å². The minimum absolute atomic E-state index is 0.0236. The Morgan fingerprint density at radius 3 is 2.58 bits per heavy atom. The lowest BCUT2D eigenvalue weighted by atomic mass is 9.57. The minimum Gasteiger partial charge on any atom is -0.293 e. The Kier molecular flexibility index (Phi) is 4.40. The number of carbonyl (C=O) groups excluding carboxylic acids is 1. The van der Waals surface area contributed by atoms with Gasteiger partial charge in [0.05, 0.1) is 17.0 Å². The second kappa shape index (κ2) is 7.02. The van der Waals surface area contributed by atoms with Gasteiger partial charge in [-0.3, -0.25) is 4.79 Å². The number of nitriles is 1. The van der Waals surface area contributed by atoms with Gasteiger partial charge in [0.1, 0.15) is 17.6 Å². The van der Waals surface area contributed by atoms with Gasteiger partial charge >= 0.3 is 0 Å². The SMILES string of the molecule is C[C@H]1C(=O)C(C#N)=C[C@@]2(C)c3c(c(-c4ccccc4)nn3-c3ccccc3F)CC[C@H]12. The highest BCUT2D eigenvalue weighted by Gasteiger charge is 2.50. The molecule has 0 saturated heterocycles. The number of ketones is 1. The number of carbonyl (C=O) groups is 1. The van der Waals surface area contributed by atoms with Crippen LogP contribution in [0.3, 0.4) is 0 Å². The first-order valence-corrected chi connectivity index (χ1v) is 10.6. The molecule has 2 aliphatic carbocycles. The highest BCUT2D eigenvalue weighted by atomic mass is 19.1. The van der Waals surface area contributed by atoms with Gasteiger partial charge in [0.25, 0.3) is 0 Å². The molecular formula is C26H22FN3O. The summed E-state index contributed by atoms with van der Waals surface area (Å²) in [5.74, 6) is -0.714. The number of benzene rings is 2. The van der Waals surface area contributed by atoms with Crippen LogP contribution < -0.4 is 0 Å². The highest BCUT2D eigenvalue weighted by molar-refractivity contribution is 6.02. The van der Waals surface area contributed by atoms with Crippen molar-refractivity contribution in [2.75, 3.05) is 0 Å². The number of rotatable bonds is 2. The average molecular weight is 411 g/mol. The fourth-order valence-corrected chi connectivity index (χ4v) is 5.47. The van der Waals surface area contributed by atoms with Gasteiger partial charge in [-0.1, -0.05) is 62.4 Å². The van der Waals surface area contributed by atoms with Gasteiger partial charge in [0, 0.05) is 22.5 Å². The van der Waals surface area contributed by atoms with E-state index in [9.17, 15) is 14.4 Å². The number of allylic oxidation sites excluding steroid dienone is 2. The predicted molar refractivity (Wildman–Crippen MR) is 116 cm³/mol. The molecule has 0 aliphatic heterocycles. The molecule has 31 heavy (non-hydrogen) atoms. The van der Waals surface area contributed by atoms with Crippen LogP contribution in [0.2, 0.25) is 0 Å². The molecule has 0 fully saturated rings. The largest absolute Gasteiger partial charge is 0.293 e. The average Bonchev–Trinajstić information content (AvgIpc) is 3.18. The van der Waals surface area contributed by atoms with Crippen LogP contribution in [-0.4, -0.2) is 15.6 Å². The van der Waals surface area contributed by atoms with Crippen molar-refractivity contribution in [3.63, 3.8) is 0 Å². The van der Waals surface area contributed by atoms with Gasteiger partial charge in [-0.25, -0.2) is 9.07 Å². The van der Waals surface area contributed by atoms with Crippen LogP contribution in [0.15, 0.2) is 66.2 Å². The molecule has 5 heteroatoms. The zero-order valence-electron chi connectivity index (χ0n) is 17.5. The molecule has 5 rings (SSSR count). The zero-order valence-corrected chi connectivity index (χ0v) is 17.5. The second-order valence-corrected chi connectivity index (χ2v) is 8.66. The number of aromatic nitrogens is 2. The van der Waals surface area contributed by atoms with Crippen LogP contribution in [0.4, 0.5) is 4.39 Å². The number of nitrogens with zero attached hydrogens (tertiary/aromatic N) is 3. The van der Waals surface area contributed by atoms with E-state index in [-0.39, 0.29) is 29.0 Å². The summed E-state index contributed by atoms with van der Waals surface area (Å²) in [6.45, 7) is 3.96. The van der Waals surface area contributed by atoms with E-state index in [1.807, 2.05) is 37.3 Å². The maximum Gasteiger partial charge on any atom is 0.176 e. The maximum atomic E-state index is 14.9. The molecule has 0 N–H and O–H groups in total. The summed E-state index contributed by atoms with van der Waals surface area (Å²) in [5, 5.41) is 14.5. The molecule has 0 bridgehead atoms. The number of hydrogen-bond donors (Lipinski definition) is 0. The van der Waals surface area contributed by atoms with Gasteiger partial charge in [0.15, 0.2) is 5.78 Å². The topological polar surface area (TPSA) is 58.7 Å². The molecule has 2 aromatic carbocycles. The molecule has 1 aromatic heterocycles. The van der Waals surface area contributed by atoms with E-state index in [0.29, 0.717) is 5.69 Å². The van der Waals surface area contributed by atoms with Crippen LogP contribution in [0.25, 0.3) is 16.9 Å². The van der Waals surface area contributed by atoms with E-state index < -0.39 is 5.41 Å². The Bertz CT molecular complexity index is 1270. The van der Waals surface area contributed by atoms with Gasteiger partial charge in [-0.15, -0.1) is 0 Å². The number of hydrogen-bond acceptors (Lipinski definition) is 3. The fraction of sp³-hybridized carbons (Fsp3) is 0.269. The highest BCUT2D eigenvalue weighted by Crippen LogP contribution is 2.52. The van der Waals surface area contributed by atoms with Crippen molar-refractivity contribution >= 4 is 5.78 Å². The summed E-state index contributed by atoms with van der Waals surface area (Å²) in [5.41, 5.74) is 3.69. The quantitative estimate of drug-likeness (QED) is 0.585. The molecule has 3 aromatic rings. The first-order valence-electron chi connectivity index (χ1n) is 10.6. The molecule has 0 spiro atoms. The van der Waals surface area contributed by atoms with E-state index in [0.717, 1.165) is 35.4 Å². The van der Waals surface area contributed by atoms with Crippen molar-refractivity contribution in [1.82, 2.24) is 9.78 Å². The number of para-hydroxylation sites is 1. The van der Waals surface area contributed by atoms with Crippen molar-refractivity contribution in [1.29, 1.82) is 5.26 Å². The predicted octanol–water partition coefficient (Wildman–Crippen LogP) is 5.17. The lowest BCUT2D eigenvalue weighted by Gasteiger charge is -2.45. The van der Waals surface area contributed by atoms with Gasteiger partial charge < -0.3 is 0 Å². The molecule has 0 unspecified atom stereocenters. The van der Waals surface area contributed by atoms with Crippen LogP contribution in [0.5, 0.6) is 0 Å². The fourth-order valence-electron chi connectivity index (χ4n) is 5.47. The standard InChI is InChI=1S/C26H22FN3O/c1-16-20-13-12-19-23(17-8-4-3-5-9-17)29-30(22-11-7-6-10-21(22)27)25(19)26(20,2)14-18(15-28)24(16)31/h3-11,14,16,20H,12-13H2,1-2H3/t16-,20-,26-/m1/s1. The van der Waals surface area contributed by atoms with E-state index >= 15 is 0 Å². The first kappa shape index (κ1) is 19.4. The Morgan fingerprint density at radius 1 is 1.16 bits per heavy atom. The lowest BCUT2D eigenvalue weighted by Crippen LogP contribution is -2.46. The maximum absolute atomic E-state index is 14.9. The molecule has 3 atom stereocenters. The zero-order chi connectivity index (χ0) is 21.8. The molecule has 2 aliphatic rings.